The van der Waals surface area contributed by atoms with Crippen molar-refractivity contribution in [2.24, 2.45) is 17.2 Å². The Labute approximate surface area is 324 Å². The molecule has 16 nitrogen and oxygen atoms in total. The molecule has 0 radical (unpaired) electrons. The van der Waals surface area contributed by atoms with Crippen molar-refractivity contribution in [3.63, 3.8) is 0 Å². The average molecular weight is 780 g/mol. The van der Waals surface area contributed by atoms with E-state index in [-0.39, 0.29) is 32.1 Å². The molecule has 3 rings (SSSR count). The van der Waals surface area contributed by atoms with E-state index >= 15 is 0 Å². The van der Waals surface area contributed by atoms with E-state index in [2.05, 4.69) is 31.6 Å². The van der Waals surface area contributed by atoms with Crippen LogP contribution in [0.5, 0.6) is 0 Å². The number of rotatable bonds is 21. The van der Waals surface area contributed by atoms with Gasteiger partial charge in [0, 0.05) is 36.4 Å². The van der Waals surface area contributed by atoms with Crippen LogP contribution in [0.15, 0.2) is 60.8 Å². The molecule has 4 unspecified atom stereocenters. The Morgan fingerprint density at radius 3 is 1.84 bits per heavy atom. The molecule has 0 spiro atoms. The molecule has 2 aromatic carbocycles. The monoisotopic (exact) mass is 779 g/mol. The Kier molecular flexibility index (Phi) is 15.8. The van der Waals surface area contributed by atoms with Crippen molar-refractivity contribution in [2.75, 3.05) is 12.0 Å². The fraction of sp³-hybridized carbons (Fsp3) is 0.447. The number of hydrogen-bond donors (Lipinski definition) is 9. The number of thioether (sulfide) groups is 1. The number of aromatic nitrogens is 1. The van der Waals surface area contributed by atoms with Gasteiger partial charge in [0.15, 0.2) is 0 Å². The summed E-state index contributed by atoms with van der Waals surface area (Å²) < 4.78 is 0. The van der Waals surface area contributed by atoms with Gasteiger partial charge in [-0.2, -0.15) is 11.8 Å². The van der Waals surface area contributed by atoms with Crippen molar-refractivity contribution in [3.8, 4) is 0 Å². The fourth-order valence-electron chi connectivity index (χ4n) is 5.47. The molecule has 7 amide bonds. The molecular formula is C38H53N9O7S. The van der Waals surface area contributed by atoms with Crippen LogP contribution in [0.3, 0.4) is 0 Å². The summed E-state index contributed by atoms with van der Waals surface area (Å²) in [4.78, 5) is 95.4. The molecule has 0 aliphatic carbocycles. The van der Waals surface area contributed by atoms with Crippen LogP contribution in [0.2, 0.25) is 0 Å². The molecule has 0 bridgehead atoms. The highest BCUT2D eigenvalue weighted by atomic mass is 32.2. The highest BCUT2D eigenvalue weighted by Gasteiger charge is 2.35. The number of amides is 7. The molecule has 4 atom stereocenters. The summed E-state index contributed by atoms with van der Waals surface area (Å²) in [6.45, 7) is 5.84. The second kappa shape index (κ2) is 19.8. The summed E-state index contributed by atoms with van der Waals surface area (Å²) in [6.07, 6.45) is 3.21. The average Bonchev–Trinajstić information content (AvgIpc) is 3.53. The van der Waals surface area contributed by atoms with Gasteiger partial charge in [-0.1, -0.05) is 48.5 Å². The molecule has 3 aromatic rings. The van der Waals surface area contributed by atoms with Crippen LogP contribution < -0.4 is 43.8 Å². The normalized spacial score (nSPS) is 13.8. The second-order valence-electron chi connectivity index (χ2n) is 14.4. The Bertz CT molecular complexity index is 1840. The van der Waals surface area contributed by atoms with Gasteiger partial charge in [0.2, 0.25) is 41.4 Å². The van der Waals surface area contributed by atoms with E-state index in [1.54, 1.807) is 36.5 Å². The maximum atomic E-state index is 14.3. The van der Waals surface area contributed by atoms with E-state index in [1.807, 2.05) is 30.5 Å². The number of carbonyl (C=O) groups excluding carboxylic acids is 7. The minimum atomic E-state index is -1.45. The van der Waals surface area contributed by atoms with Gasteiger partial charge in [0.25, 0.3) is 0 Å². The van der Waals surface area contributed by atoms with E-state index in [0.29, 0.717) is 16.9 Å². The summed E-state index contributed by atoms with van der Waals surface area (Å²) in [6, 6.07) is 11.3. The lowest BCUT2D eigenvalue weighted by Gasteiger charge is -2.29. The zero-order valence-electron chi connectivity index (χ0n) is 31.8. The maximum absolute atomic E-state index is 14.3. The molecule has 0 aliphatic heterocycles. The van der Waals surface area contributed by atoms with Gasteiger partial charge in [0.1, 0.15) is 29.7 Å². The standard InChI is InChI=1S/C38H53N9O7S/c1-37(2,41)36(54)46-27(17-18-55-5)32(50)43-26(15-16-30(39)48)31(49)45-29(20-23-21-42-25-14-10-9-13-24(23)25)33(51)44-28(19-22-11-7-6-8-12-22)34(52)47-38(3,4)35(40)53/h6-14,21,26-29,42H,15-20,41H2,1-5H3,(H2,39,48)(H2,40,53)(H,43,50)(H,44,51)(H,45,49)(H,46,54)(H,47,52). The van der Waals surface area contributed by atoms with Gasteiger partial charge in [-0.3, -0.25) is 33.6 Å². The fourth-order valence-corrected chi connectivity index (χ4v) is 5.94. The summed E-state index contributed by atoms with van der Waals surface area (Å²) in [7, 11) is 0. The SMILES string of the molecule is CSCCC(NC(=O)C(C)(C)N)C(=O)NC(CCC(N)=O)C(=O)NC(Cc1c[nH]c2ccccc12)C(=O)NC(Cc1ccccc1)C(=O)NC(C)(C)C(N)=O. The van der Waals surface area contributed by atoms with Crippen LogP contribution in [-0.2, 0) is 46.4 Å². The summed E-state index contributed by atoms with van der Waals surface area (Å²) in [5, 5.41) is 14.1. The van der Waals surface area contributed by atoms with Crippen LogP contribution in [0.4, 0.5) is 0 Å². The van der Waals surface area contributed by atoms with Gasteiger partial charge in [-0.15, -0.1) is 0 Å². The highest BCUT2D eigenvalue weighted by molar-refractivity contribution is 7.98. The van der Waals surface area contributed by atoms with Crippen molar-refractivity contribution < 1.29 is 33.6 Å². The van der Waals surface area contributed by atoms with Crippen LogP contribution in [0.25, 0.3) is 10.9 Å². The van der Waals surface area contributed by atoms with Crippen molar-refractivity contribution >= 4 is 64.0 Å². The maximum Gasteiger partial charge on any atom is 0.243 e. The van der Waals surface area contributed by atoms with Crippen molar-refractivity contribution in [1.82, 2.24) is 31.6 Å². The quantitative estimate of drug-likeness (QED) is 0.0705. The number of nitrogens with one attached hydrogen (secondary N) is 6. The van der Waals surface area contributed by atoms with Crippen LogP contribution in [0.1, 0.15) is 58.1 Å². The van der Waals surface area contributed by atoms with Gasteiger partial charge in [0.05, 0.1) is 5.54 Å². The molecule has 0 aliphatic rings. The molecule has 0 saturated heterocycles. The van der Waals surface area contributed by atoms with Gasteiger partial charge in [-0.25, -0.2) is 0 Å². The minimum absolute atomic E-state index is 0.0288. The third kappa shape index (κ3) is 13.4. The number of nitrogens with two attached hydrogens (primary N) is 3. The van der Waals surface area contributed by atoms with Crippen LogP contribution >= 0.6 is 11.8 Å². The number of carbonyl (C=O) groups is 7. The lowest BCUT2D eigenvalue weighted by Crippen LogP contribution is -2.61. The zero-order chi connectivity index (χ0) is 40.9. The number of fused-ring (bicyclic) bond motifs is 1. The van der Waals surface area contributed by atoms with E-state index < -0.39 is 76.6 Å². The van der Waals surface area contributed by atoms with E-state index in [1.165, 1.54) is 39.5 Å². The molecule has 55 heavy (non-hydrogen) atoms. The molecule has 1 heterocycles. The predicted octanol–water partition coefficient (Wildman–Crippen LogP) is 0.0283. The lowest BCUT2D eigenvalue weighted by atomic mass is 9.99. The van der Waals surface area contributed by atoms with Gasteiger partial charge >= 0.3 is 0 Å². The largest absolute Gasteiger partial charge is 0.370 e. The first-order chi connectivity index (χ1) is 25.8. The minimum Gasteiger partial charge on any atom is -0.370 e. The Morgan fingerprint density at radius 1 is 0.709 bits per heavy atom. The molecule has 1 aromatic heterocycles. The van der Waals surface area contributed by atoms with Crippen molar-refractivity contribution in [2.45, 2.75) is 95.0 Å². The number of benzene rings is 2. The Balaban J connectivity index is 1.98. The number of primary amides is 2. The number of hydrogen-bond acceptors (Lipinski definition) is 9. The van der Waals surface area contributed by atoms with Crippen LogP contribution in [-0.4, -0.2) is 93.6 Å². The van der Waals surface area contributed by atoms with Gasteiger partial charge in [-0.05, 0) is 69.7 Å². The summed E-state index contributed by atoms with van der Waals surface area (Å²) >= 11 is 1.45. The lowest BCUT2D eigenvalue weighted by molar-refractivity contribution is -0.136. The van der Waals surface area contributed by atoms with E-state index in [0.717, 1.165) is 10.9 Å². The molecule has 0 fully saturated rings. The molecule has 0 saturated carbocycles. The number of aromatic amines is 1. The molecule has 298 valence electrons. The molecular weight excluding hydrogens is 727 g/mol. The van der Waals surface area contributed by atoms with E-state index in [9.17, 15) is 33.6 Å². The number of para-hydroxylation sites is 1. The van der Waals surface area contributed by atoms with Crippen molar-refractivity contribution in [3.05, 3.63) is 71.9 Å². The predicted molar refractivity (Wildman–Crippen MR) is 211 cm³/mol. The smallest absolute Gasteiger partial charge is 0.243 e. The zero-order valence-corrected chi connectivity index (χ0v) is 32.6. The summed E-state index contributed by atoms with van der Waals surface area (Å²) in [5.41, 5.74) is 16.3. The molecule has 17 heteroatoms. The first kappa shape index (κ1) is 44.0. The molecule has 12 N–H and O–H groups in total. The number of H-pyrrole nitrogens is 1. The Morgan fingerprint density at radius 2 is 1.25 bits per heavy atom. The highest BCUT2D eigenvalue weighted by Crippen LogP contribution is 2.20. The first-order valence-corrected chi connectivity index (χ1v) is 19.2. The van der Waals surface area contributed by atoms with E-state index in [4.69, 9.17) is 17.2 Å². The van der Waals surface area contributed by atoms with Crippen molar-refractivity contribution in [1.29, 1.82) is 0 Å². The van der Waals surface area contributed by atoms with Crippen LogP contribution in [0, 0.1) is 0 Å². The third-order valence-corrected chi connectivity index (χ3v) is 9.47. The van der Waals surface area contributed by atoms with Gasteiger partial charge < -0.3 is 48.8 Å². The summed E-state index contributed by atoms with van der Waals surface area (Å²) in [5.74, 6) is -4.58. The second-order valence-corrected chi connectivity index (χ2v) is 15.4. The third-order valence-electron chi connectivity index (χ3n) is 8.83. The Hall–Kier alpha value is -5.42. The first-order valence-electron chi connectivity index (χ1n) is 17.8. The topological polar surface area (TPSA) is 273 Å².